The smallest absolute Gasteiger partial charge is 0 e. The molecule has 0 saturated heterocycles. The quantitative estimate of drug-likeness (QED) is 0.567. The molecule has 0 fully saturated rings. The van der Waals surface area contributed by atoms with E-state index < -0.39 is 0 Å². The van der Waals surface area contributed by atoms with Crippen LogP contribution >= 0.6 is 0 Å². The van der Waals surface area contributed by atoms with Crippen LogP contribution in [0.4, 0.5) is 0 Å². The van der Waals surface area contributed by atoms with E-state index >= 15 is 0 Å². The van der Waals surface area contributed by atoms with Crippen LogP contribution in [0.3, 0.4) is 0 Å². The van der Waals surface area contributed by atoms with Gasteiger partial charge in [0.15, 0.2) is 0 Å². The van der Waals surface area contributed by atoms with Gasteiger partial charge in [0.25, 0.3) is 0 Å². The second-order valence-corrected chi connectivity index (χ2v) is 2.26. The summed E-state index contributed by atoms with van der Waals surface area (Å²) in [4.78, 5) is 0. The van der Waals surface area contributed by atoms with Gasteiger partial charge in [0.2, 0.25) is 0 Å². The summed E-state index contributed by atoms with van der Waals surface area (Å²) in [5.41, 5.74) is 1.09. The Morgan fingerprint density at radius 2 is 1.35 bits per heavy atom. The molecule has 17 heavy (non-hydrogen) atoms. The standard InChI is InChI=1S/C9H9N.3CO.Cr/c1-8(7-10)9-5-3-2-4-6-9;3*1-2;/h2-6,8H,1H3;;;;. The fraction of sp³-hybridized carbons (Fsp3) is 0.167. The molecule has 1 atom stereocenters. The van der Waals surface area contributed by atoms with Crippen molar-refractivity contribution in [3.05, 3.63) is 55.8 Å². The minimum atomic E-state index is 0. The molecule has 0 radical (unpaired) electrons. The molecule has 0 aliphatic rings. The minimum Gasteiger partial charge on any atom is 0 e. The van der Waals surface area contributed by atoms with Gasteiger partial charge in [-0.15, -0.1) is 0 Å². The monoisotopic (exact) mass is 267 g/mol. The Balaban J connectivity index is -0.000000106. The summed E-state index contributed by atoms with van der Waals surface area (Å²) in [5, 5.41) is 8.54. The Bertz CT molecular complexity index is 337. The predicted octanol–water partition coefficient (Wildman–Crippen LogP) is 2.20. The number of rotatable bonds is 1. The second-order valence-electron chi connectivity index (χ2n) is 2.26. The van der Waals surface area contributed by atoms with Gasteiger partial charge in [-0.25, -0.2) is 0 Å². The predicted molar refractivity (Wildman–Crippen MR) is 52.3 cm³/mol. The molecule has 4 nitrogen and oxygen atoms in total. The molecule has 86 valence electrons. The van der Waals surface area contributed by atoms with Gasteiger partial charge in [-0.05, 0) is 12.5 Å². The summed E-state index contributed by atoms with van der Waals surface area (Å²) in [6, 6.07) is 12.0. The summed E-state index contributed by atoms with van der Waals surface area (Å²) < 4.78 is 22.5. The molecule has 0 amide bonds. The van der Waals surface area contributed by atoms with E-state index in [2.05, 4.69) is 26.0 Å². The Labute approximate surface area is 112 Å². The van der Waals surface area contributed by atoms with Gasteiger partial charge in [0.1, 0.15) is 0 Å². The molecule has 0 bridgehead atoms. The fourth-order valence-corrected chi connectivity index (χ4v) is 0.816. The number of nitrogens with zero attached hydrogens (tertiary/aromatic N) is 1. The molecular weight excluding hydrogens is 258 g/mol. The Morgan fingerprint density at radius 1 is 1.00 bits per heavy atom. The summed E-state index contributed by atoms with van der Waals surface area (Å²) in [6.45, 7) is 15.4. The second kappa shape index (κ2) is 23.9. The molecule has 5 heteroatoms. The van der Waals surface area contributed by atoms with Crippen LogP contribution in [0.2, 0.25) is 0 Å². The van der Waals surface area contributed by atoms with Gasteiger partial charge in [0, 0.05) is 17.4 Å². The third kappa shape index (κ3) is 14.5. The van der Waals surface area contributed by atoms with Crippen molar-refractivity contribution < 1.29 is 31.3 Å². The summed E-state index contributed by atoms with van der Waals surface area (Å²) in [5.74, 6) is 0.0150. The number of hydrogen-bond acceptors (Lipinski definition) is 1. The zero-order valence-corrected chi connectivity index (χ0v) is 10.3. The molecule has 0 spiro atoms. The van der Waals surface area contributed by atoms with Gasteiger partial charge in [-0.1, -0.05) is 30.3 Å². The number of hydrogen-bond donors (Lipinski definition) is 0. The first-order chi connectivity index (χ1) is 7.84. The van der Waals surface area contributed by atoms with E-state index in [0.29, 0.717) is 0 Å². The maximum absolute atomic E-state index is 8.54. The van der Waals surface area contributed by atoms with Crippen molar-refractivity contribution in [3.8, 4) is 6.07 Å². The largest absolute Gasteiger partial charge is 0 e. The molecule has 1 aromatic rings. The third-order valence-electron chi connectivity index (χ3n) is 1.49. The van der Waals surface area contributed by atoms with Crippen LogP contribution in [0.5, 0.6) is 0 Å². The van der Waals surface area contributed by atoms with Crippen molar-refractivity contribution >= 4 is 0 Å². The fourth-order valence-electron chi connectivity index (χ4n) is 0.816. The molecule has 0 heterocycles. The van der Waals surface area contributed by atoms with E-state index in [9.17, 15) is 0 Å². The Morgan fingerprint density at radius 3 is 1.65 bits per heavy atom. The Kier molecular flexibility index (Phi) is 34.7. The minimum absolute atomic E-state index is 0. The average molecular weight is 267 g/mol. The van der Waals surface area contributed by atoms with Crippen LogP contribution in [-0.2, 0) is 31.3 Å². The number of nitriles is 1. The average Bonchev–Trinajstić information content (AvgIpc) is 2.45. The molecule has 0 aromatic heterocycles. The van der Waals surface area contributed by atoms with Crippen LogP contribution in [0, 0.1) is 31.3 Å². The van der Waals surface area contributed by atoms with Crippen LogP contribution in [0.25, 0.3) is 0 Å². The molecule has 1 unspecified atom stereocenters. The zero-order chi connectivity index (χ0) is 13.4. The Hall–Kier alpha value is -1.54. The van der Waals surface area contributed by atoms with Crippen molar-refractivity contribution in [1.82, 2.24) is 0 Å². The van der Waals surface area contributed by atoms with Crippen molar-refractivity contribution in [1.29, 1.82) is 5.26 Å². The maximum atomic E-state index is 8.54. The van der Waals surface area contributed by atoms with Crippen molar-refractivity contribution in [2.24, 2.45) is 0 Å². The first-order valence-corrected chi connectivity index (χ1v) is 3.90. The van der Waals surface area contributed by atoms with Crippen LogP contribution in [-0.4, -0.2) is 0 Å². The van der Waals surface area contributed by atoms with E-state index in [4.69, 9.17) is 19.2 Å². The van der Waals surface area contributed by atoms with Crippen molar-refractivity contribution in [3.63, 3.8) is 0 Å². The van der Waals surface area contributed by atoms with Gasteiger partial charge >= 0.3 is 33.9 Å². The molecule has 0 saturated carbocycles. The van der Waals surface area contributed by atoms with Crippen LogP contribution in [0.1, 0.15) is 18.4 Å². The van der Waals surface area contributed by atoms with E-state index in [1.807, 2.05) is 37.3 Å². The van der Waals surface area contributed by atoms with E-state index in [1.165, 1.54) is 0 Å². The number of benzene rings is 1. The SMILES string of the molecule is CC(C#N)c1ccccc1.[C-]#[O+].[C-]#[O+].[C-]#[O+].[Cr]. The normalized spacial score (nSPS) is 7.41. The van der Waals surface area contributed by atoms with Crippen LogP contribution < -0.4 is 0 Å². The van der Waals surface area contributed by atoms with Gasteiger partial charge < -0.3 is 0 Å². The van der Waals surface area contributed by atoms with Crippen molar-refractivity contribution in [2.75, 3.05) is 0 Å². The molecule has 0 N–H and O–H groups in total. The van der Waals surface area contributed by atoms with Gasteiger partial charge in [0.05, 0.1) is 12.0 Å². The van der Waals surface area contributed by atoms with E-state index in [0.717, 1.165) is 5.56 Å². The van der Waals surface area contributed by atoms with Crippen molar-refractivity contribution in [2.45, 2.75) is 12.8 Å². The summed E-state index contributed by atoms with van der Waals surface area (Å²) in [6.07, 6.45) is 0. The molecule has 1 rings (SSSR count). The zero-order valence-electron chi connectivity index (χ0n) is 9.04. The van der Waals surface area contributed by atoms with E-state index in [-0.39, 0.29) is 23.3 Å². The van der Waals surface area contributed by atoms with Gasteiger partial charge in [-0.2, -0.15) is 5.26 Å². The topological polar surface area (TPSA) is 83.5 Å². The maximum Gasteiger partial charge on any atom is 0 e. The van der Waals surface area contributed by atoms with Gasteiger partial charge in [-0.3, -0.25) is 0 Å². The molecule has 0 aliphatic heterocycles. The first kappa shape index (κ1) is 24.6. The molecular formula is C12H9CrNO3. The van der Waals surface area contributed by atoms with Crippen LogP contribution in [0.15, 0.2) is 30.3 Å². The third-order valence-corrected chi connectivity index (χ3v) is 1.49. The summed E-state index contributed by atoms with van der Waals surface area (Å²) >= 11 is 0. The first-order valence-electron chi connectivity index (χ1n) is 3.90. The van der Waals surface area contributed by atoms with E-state index in [1.54, 1.807) is 0 Å². The molecule has 1 aromatic carbocycles. The summed E-state index contributed by atoms with van der Waals surface area (Å²) in [7, 11) is 0. The molecule has 0 aliphatic carbocycles.